The van der Waals surface area contributed by atoms with Crippen LogP contribution in [0.25, 0.3) is 0 Å². The third kappa shape index (κ3) is 2.76. The first-order valence-electron chi connectivity index (χ1n) is 7.96. The molecule has 0 aromatic heterocycles. The molecule has 7 heteroatoms. The van der Waals surface area contributed by atoms with E-state index in [4.69, 9.17) is 4.74 Å². The molecule has 2 fully saturated rings. The van der Waals surface area contributed by atoms with Gasteiger partial charge in [-0.3, -0.25) is 0 Å². The number of quaternary nitrogens is 1. The second-order valence-electron chi connectivity index (χ2n) is 7.05. The highest BCUT2D eigenvalue weighted by Gasteiger charge is 2.52. The van der Waals surface area contributed by atoms with Crippen LogP contribution in [-0.2, 0) is 9.53 Å². The van der Waals surface area contributed by atoms with Crippen molar-refractivity contribution in [3.63, 3.8) is 0 Å². The number of nitrogens with zero attached hydrogens (tertiary/aromatic N) is 1. The van der Waals surface area contributed by atoms with E-state index >= 15 is 0 Å². The van der Waals surface area contributed by atoms with E-state index in [1.165, 1.54) is 6.92 Å². The topological polar surface area (TPSA) is 110 Å². The molecule has 128 valence electrons. The van der Waals surface area contributed by atoms with Crippen LogP contribution < -0.4 is 0 Å². The van der Waals surface area contributed by atoms with Gasteiger partial charge >= 0.3 is 5.97 Å². The number of ether oxygens (including phenoxy) is 1. The lowest BCUT2D eigenvalue weighted by Gasteiger charge is -2.40. The lowest BCUT2D eigenvalue weighted by Crippen LogP contribution is -2.54. The molecule has 7 nitrogen and oxygen atoms in total. The summed E-state index contributed by atoms with van der Waals surface area (Å²) in [5.41, 5.74) is -1.96. The minimum Gasteiger partial charge on any atom is -0.633 e. The van der Waals surface area contributed by atoms with Gasteiger partial charge in [0.25, 0.3) is 0 Å². The molecule has 0 saturated carbocycles. The molecule has 2 saturated heterocycles. The van der Waals surface area contributed by atoms with Gasteiger partial charge in [-0.05, 0) is 12.8 Å². The van der Waals surface area contributed by atoms with Gasteiger partial charge in [0.2, 0.25) is 0 Å². The number of carbonyl (C=O) groups excluding carboxylic acids is 1. The monoisotopic (exact) mass is 317 g/mol. The van der Waals surface area contributed by atoms with Gasteiger partial charge in [0.1, 0.15) is 18.8 Å². The van der Waals surface area contributed by atoms with Crippen LogP contribution in [0.4, 0.5) is 0 Å². The molecular formula is C15H27NO6. The van der Waals surface area contributed by atoms with Gasteiger partial charge in [-0.15, -0.1) is 0 Å². The molecule has 0 radical (unpaired) electrons. The minimum absolute atomic E-state index is 0.00937. The van der Waals surface area contributed by atoms with E-state index in [0.29, 0.717) is 25.9 Å². The molecule has 22 heavy (non-hydrogen) atoms. The van der Waals surface area contributed by atoms with Gasteiger partial charge in [0.05, 0.1) is 25.1 Å². The van der Waals surface area contributed by atoms with Crippen LogP contribution in [0.1, 0.15) is 33.6 Å². The Bertz CT molecular complexity index is 418. The van der Waals surface area contributed by atoms with E-state index in [0.717, 1.165) is 0 Å². The second-order valence-corrected chi connectivity index (χ2v) is 7.05. The van der Waals surface area contributed by atoms with Crippen LogP contribution in [0.15, 0.2) is 0 Å². The van der Waals surface area contributed by atoms with E-state index in [9.17, 15) is 25.3 Å². The minimum atomic E-state index is -1.96. The zero-order chi connectivity index (χ0) is 16.7. The third-order valence-electron chi connectivity index (χ3n) is 5.37. The van der Waals surface area contributed by atoms with Crippen molar-refractivity contribution in [2.75, 3.05) is 19.7 Å². The zero-order valence-electron chi connectivity index (χ0n) is 13.4. The average molecular weight is 317 g/mol. The highest BCUT2D eigenvalue weighted by molar-refractivity contribution is 5.80. The van der Waals surface area contributed by atoms with E-state index in [-0.39, 0.29) is 12.5 Å². The van der Waals surface area contributed by atoms with E-state index < -0.39 is 40.4 Å². The number of aliphatic hydroxyl groups excluding tert-OH is 2. The summed E-state index contributed by atoms with van der Waals surface area (Å²) in [6, 6.07) is -0.452. The Hall–Kier alpha value is -0.730. The van der Waals surface area contributed by atoms with Gasteiger partial charge < -0.3 is 29.9 Å². The number of rotatable bonds is 5. The first-order chi connectivity index (χ1) is 10.1. The van der Waals surface area contributed by atoms with Gasteiger partial charge in [0.15, 0.2) is 5.60 Å². The van der Waals surface area contributed by atoms with Crippen LogP contribution in [0.2, 0.25) is 0 Å². The average Bonchev–Trinajstić information content (AvgIpc) is 2.92. The maximum Gasteiger partial charge on any atom is 0.341 e. The number of hydroxylamine groups is 3. The molecular weight excluding hydrogens is 290 g/mol. The summed E-state index contributed by atoms with van der Waals surface area (Å²) in [5, 5.41) is 42.5. The van der Waals surface area contributed by atoms with Crippen molar-refractivity contribution in [3.8, 4) is 0 Å². The molecule has 4 unspecified atom stereocenters. The molecule has 0 amide bonds. The summed E-state index contributed by atoms with van der Waals surface area (Å²) in [6.45, 7) is 5.42. The zero-order valence-corrected chi connectivity index (χ0v) is 13.4. The van der Waals surface area contributed by atoms with Crippen LogP contribution >= 0.6 is 0 Å². The van der Waals surface area contributed by atoms with Crippen molar-refractivity contribution >= 4 is 5.97 Å². The fourth-order valence-corrected chi connectivity index (χ4v) is 3.87. The Morgan fingerprint density at radius 3 is 2.50 bits per heavy atom. The first-order valence-corrected chi connectivity index (χ1v) is 7.96. The van der Waals surface area contributed by atoms with Gasteiger partial charge in [-0.2, -0.15) is 0 Å². The standard InChI is InChI=1S/C15H27NO6/c1-9(2)15(20,10(3)17)14(19)22-8-11-4-6-16(21)7-5-12(18)13(11)16/h9-13,17-18,20H,4-8H2,1-3H3/t10?,11?,12-,13-,15?,16?/m1/s1. The highest BCUT2D eigenvalue weighted by atomic mass is 16.6. The Morgan fingerprint density at radius 1 is 1.36 bits per heavy atom. The molecule has 2 heterocycles. The van der Waals surface area contributed by atoms with Gasteiger partial charge in [-0.1, -0.05) is 13.8 Å². The van der Waals surface area contributed by atoms with Crippen molar-refractivity contribution in [1.82, 2.24) is 0 Å². The Balaban J connectivity index is 2.00. The first kappa shape index (κ1) is 17.6. The summed E-state index contributed by atoms with van der Waals surface area (Å²) in [5.74, 6) is -1.58. The predicted molar refractivity (Wildman–Crippen MR) is 78.3 cm³/mol. The van der Waals surface area contributed by atoms with Crippen molar-refractivity contribution in [3.05, 3.63) is 5.21 Å². The fourth-order valence-electron chi connectivity index (χ4n) is 3.87. The number of aliphatic hydroxyl groups is 3. The lowest BCUT2D eigenvalue weighted by molar-refractivity contribution is -0.883. The van der Waals surface area contributed by atoms with Crippen LogP contribution in [0.5, 0.6) is 0 Å². The largest absolute Gasteiger partial charge is 0.633 e. The number of hydrogen-bond acceptors (Lipinski definition) is 6. The Morgan fingerprint density at radius 2 is 1.95 bits per heavy atom. The second kappa shape index (κ2) is 6.05. The maximum atomic E-state index is 12.5. The fraction of sp³-hybridized carbons (Fsp3) is 0.933. The van der Waals surface area contributed by atoms with Gasteiger partial charge in [0, 0.05) is 12.8 Å². The third-order valence-corrected chi connectivity index (χ3v) is 5.37. The summed E-state index contributed by atoms with van der Waals surface area (Å²) in [7, 11) is 0. The quantitative estimate of drug-likeness (QED) is 0.367. The number of hydrogen-bond donors (Lipinski definition) is 3. The van der Waals surface area contributed by atoms with Crippen LogP contribution in [-0.4, -0.2) is 69.5 Å². The molecule has 2 aliphatic rings. The molecule has 3 N–H and O–H groups in total. The Kier molecular flexibility index (Phi) is 4.85. The molecule has 0 bridgehead atoms. The molecule has 0 spiro atoms. The molecule has 0 aromatic carbocycles. The van der Waals surface area contributed by atoms with Crippen molar-refractivity contribution in [1.29, 1.82) is 0 Å². The summed E-state index contributed by atoms with van der Waals surface area (Å²) in [6.07, 6.45) is -0.852. The smallest absolute Gasteiger partial charge is 0.341 e. The maximum absolute atomic E-state index is 12.5. The van der Waals surface area contributed by atoms with E-state index in [1.807, 2.05) is 0 Å². The summed E-state index contributed by atoms with van der Waals surface area (Å²) >= 11 is 0. The SMILES string of the molecule is CC(C)C(O)(C(=O)OCC1CC[N+]2([O-])CC[C@@H](O)[C@@H]12)C(C)O. The number of fused-ring (bicyclic) bond motifs is 1. The van der Waals surface area contributed by atoms with Crippen molar-refractivity contribution in [2.45, 2.75) is 57.5 Å². The van der Waals surface area contributed by atoms with Gasteiger partial charge in [-0.25, -0.2) is 4.79 Å². The van der Waals surface area contributed by atoms with E-state index in [2.05, 4.69) is 0 Å². The predicted octanol–water partition coefficient (Wildman–Crippen LogP) is -0.235. The van der Waals surface area contributed by atoms with E-state index in [1.54, 1.807) is 13.8 Å². The van der Waals surface area contributed by atoms with Crippen LogP contribution in [0, 0.1) is 17.0 Å². The molecule has 6 atom stereocenters. The van der Waals surface area contributed by atoms with Crippen molar-refractivity contribution < 1.29 is 29.5 Å². The molecule has 0 aliphatic carbocycles. The summed E-state index contributed by atoms with van der Waals surface area (Å²) in [4.78, 5) is 12.2. The number of esters is 1. The molecule has 2 aliphatic heterocycles. The molecule has 2 rings (SSSR count). The number of carbonyl (C=O) groups is 1. The van der Waals surface area contributed by atoms with Crippen molar-refractivity contribution in [2.24, 2.45) is 11.8 Å². The Labute approximate surface area is 130 Å². The lowest BCUT2D eigenvalue weighted by atomic mass is 9.85. The summed E-state index contributed by atoms with van der Waals surface area (Å²) < 4.78 is 4.80. The molecule has 0 aromatic rings. The highest BCUT2D eigenvalue weighted by Crippen LogP contribution is 2.39. The van der Waals surface area contributed by atoms with Crippen LogP contribution in [0.3, 0.4) is 0 Å². The normalized spacial score (nSPS) is 38.6.